The molecule has 7 heteroatoms. The van der Waals surface area contributed by atoms with E-state index in [1.807, 2.05) is 0 Å². The van der Waals surface area contributed by atoms with Crippen molar-refractivity contribution in [2.24, 2.45) is 0 Å². The maximum absolute atomic E-state index is 13.4. The van der Waals surface area contributed by atoms with E-state index in [0.29, 0.717) is 10.5 Å². The van der Waals surface area contributed by atoms with Crippen LogP contribution in [-0.4, -0.2) is 8.42 Å². The number of hydrogen-bond acceptors (Lipinski definition) is 2. The fourth-order valence-corrected chi connectivity index (χ4v) is 3.59. The standard InChI is InChI=1S/C13H10BrF2NO2S/c14-11-3-1-2-4-13(11)20(18,19)17-8-9-5-6-10(15)7-12(9)16/h1-7,17H,8H2. The molecule has 3 nitrogen and oxygen atoms in total. The third kappa shape index (κ3) is 3.41. The van der Waals surface area contributed by atoms with Crippen LogP contribution in [0.5, 0.6) is 0 Å². The van der Waals surface area contributed by atoms with Gasteiger partial charge in [-0.3, -0.25) is 0 Å². The van der Waals surface area contributed by atoms with E-state index in [-0.39, 0.29) is 17.0 Å². The van der Waals surface area contributed by atoms with Crippen LogP contribution in [0.2, 0.25) is 0 Å². The summed E-state index contributed by atoms with van der Waals surface area (Å²) in [6.45, 7) is -0.254. The molecule has 0 aliphatic carbocycles. The van der Waals surface area contributed by atoms with Crippen LogP contribution in [0.3, 0.4) is 0 Å². The minimum absolute atomic E-state index is 0.0579. The van der Waals surface area contributed by atoms with Gasteiger partial charge in [-0.1, -0.05) is 18.2 Å². The molecular weight excluding hydrogens is 352 g/mol. The molecule has 1 N–H and O–H groups in total. The first-order valence-corrected chi connectivity index (χ1v) is 7.86. The second-order valence-electron chi connectivity index (χ2n) is 3.99. The van der Waals surface area contributed by atoms with Crippen LogP contribution in [0.1, 0.15) is 5.56 Å². The third-order valence-corrected chi connectivity index (χ3v) is 5.01. The Kier molecular flexibility index (Phi) is 4.52. The van der Waals surface area contributed by atoms with E-state index in [0.717, 1.165) is 6.07 Å². The normalized spacial score (nSPS) is 11.6. The van der Waals surface area contributed by atoms with Gasteiger partial charge in [-0.25, -0.2) is 21.9 Å². The average Bonchev–Trinajstić information content (AvgIpc) is 2.38. The van der Waals surface area contributed by atoms with E-state index in [1.165, 1.54) is 12.1 Å². The molecule has 2 aromatic carbocycles. The summed E-state index contributed by atoms with van der Waals surface area (Å²) in [5.41, 5.74) is 0.0713. The van der Waals surface area contributed by atoms with Crippen molar-refractivity contribution in [1.29, 1.82) is 0 Å². The predicted molar refractivity (Wildman–Crippen MR) is 74.5 cm³/mol. The van der Waals surface area contributed by atoms with Gasteiger partial charge in [-0.2, -0.15) is 0 Å². The Labute approximate surface area is 123 Å². The molecule has 0 heterocycles. The first kappa shape index (κ1) is 15.1. The predicted octanol–water partition coefficient (Wildman–Crippen LogP) is 3.21. The van der Waals surface area contributed by atoms with Crippen molar-refractivity contribution in [2.45, 2.75) is 11.4 Å². The molecule has 20 heavy (non-hydrogen) atoms. The SMILES string of the molecule is O=S(=O)(NCc1ccc(F)cc1F)c1ccccc1Br. The highest BCUT2D eigenvalue weighted by Crippen LogP contribution is 2.21. The molecule has 0 amide bonds. The van der Waals surface area contributed by atoms with Gasteiger partial charge < -0.3 is 0 Å². The van der Waals surface area contributed by atoms with E-state index in [1.54, 1.807) is 18.2 Å². The van der Waals surface area contributed by atoms with Gasteiger partial charge in [0, 0.05) is 22.6 Å². The second kappa shape index (κ2) is 5.99. The van der Waals surface area contributed by atoms with Crippen LogP contribution < -0.4 is 4.72 Å². The molecule has 0 bridgehead atoms. The van der Waals surface area contributed by atoms with E-state index in [4.69, 9.17) is 0 Å². The number of halogens is 3. The van der Waals surface area contributed by atoms with Gasteiger partial charge in [0.05, 0.1) is 4.90 Å². The zero-order valence-corrected chi connectivity index (χ0v) is 12.5. The lowest BCUT2D eigenvalue weighted by Crippen LogP contribution is -2.24. The molecule has 0 aliphatic rings. The van der Waals surface area contributed by atoms with Gasteiger partial charge in [0.1, 0.15) is 11.6 Å². The second-order valence-corrected chi connectivity index (χ2v) is 6.58. The quantitative estimate of drug-likeness (QED) is 0.908. The van der Waals surface area contributed by atoms with Gasteiger partial charge >= 0.3 is 0 Å². The van der Waals surface area contributed by atoms with Gasteiger partial charge in [0.2, 0.25) is 10.0 Å². The maximum Gasteiger partial charge on any atom is 0.241 e. The fraction of sp³-hybridized carbons (Fsp3) is 0.0769. The molecule has 0 aromatic heterocycles. The van der Waals surface area contributed by atoms with Gasteiger partial charge in [-0.05, 0) is 34.1 Å². The molecule has 0 saturated carbocycles. The van der Waals surface area contributed by atoms with Gasteiger partial charge in [0.15, 0.2) is 0 Å². The van der Waals surface area contributed by atoms with E-state index < -0.39 is 21.7 Å². The largest absolute Gasteiger partial charge is 0.241 e. The summed E-state index contributed by atoms with van der Waals surface area (Å²) in [5, 5.41) is 0. The minimum Gasteiger partial charge on any atom is -0.207 e. The number of nitrogens with one attached hydrogen (secondary N) is 1. The molecule has 0 unspecified atom stereocenters. The van der Waals surface area contributed by atoms with Crippen molar-refractivity contribution in [3.63, 3.8) is 0 Å². The highest BCUT2D eigenvalue weighted by molar-refractivity contribution is 9.10. The van der Waals surface area contributed by atoms with Crippen molar-refractivity contribution >= 4 is 26.0 Å². The molecular formula is C13H10BrF2NO2S. The van der Waals surface area contributed by atoms with Crippen molar-refractivity contribution in [3.05, 3.63) is 64.1 Å². The summed E-state index contributed by atoms with van der Waals surface area (Å²) in [6, 6.07) is 9.27. The van der Waals surface area contributed by atoms with Crippen LogP contribution in [-0.2, 0) is 16.6 Å². The lowest BCUT2D eigenvalue weighted by molar-refractivity contribution is 0.562. The molecule has 2 rings (SSSR count). The maximum atomic E-state index is 13.4. The molecule has 0 atom stereocenters. The first-order chi connectivity index (χ1) is 9.40. The lowest BCUT2D eigenvalue weighted by atomic mass is 10.2. The van der Waals surface area contributed by atoms with Crippen molar-refractivity contribution in [2.75, 3.05) is 0 Å². The molecule has 0 saturated heterocycles. The Morgan fingerprint density at radius 1 is 1.10 bits per heavy atom. The molecule has 0 radical (unpaired) electrons. The molecule has 106 valence electrons. The van der Waals surface area contributed by atoms with Crippen molar-refractivity contribution in [1.82, 2.24) is 4.72 Å². The Bertz CT molecular complexity index is 735. The van der Waals surface area contributed by atoms with Crippen molar-refractivity contribution < 1.29 is 17.2 Å². The van der Waals surface area contributed by atoms with Crippen LogP contribution in [0.4, 0.5) is 8.78 Å². The zero-order valence-electron chi connectivity index (χ0n) is 10.1. The average molecular weight is 362 g/mol. The summed E-state index contributed by atoms with van der Waals surface area (Å²) in [6.07, 6.45) is 0. The Balaban J connectivity index is 2.20. The van der Waals surface area contributed by atoms with Gasteiger partial charge in [-0.15, -0.1) is 0 Å². The Morgan fingerprint density at radius 2 is 1.80 bits per heavy atom. The van der Waals surface area contributed by atoms with Crippen LogP contribution in [0, 0.1) is 11.6 Å². The van der Waals surface area contributed by atoms with Crippen molar-refractivity contribution in [3.8, 4) is 0 Å². The third-order valence-electron chi connectivity index (χ3n) is 2.59. The molecule has 2 aromatic rings. The highest BCUT2D eigenvalue weighted by Gasteiger charge is 2.17. The number of sulfonamides is 1. The van der Waals surface area contributed by atoms with Crippen LogP contribution in [0.15, 0.2) is 51.8 Å². The summed E-state index contributed by atoms with van der Waals surface area (Å²) in [7, 11) is -3.77. The monoisotopic (exact) mass is 361 g/mol. The van der Waals surface area contributed by atoms with Crippen LogP contribution in [0.25, 0.3) is 0 Å². The van der Waals surface area contributed by atoms with Crippen LogP contribution >= 0.6 is 15.9 Å². The number of hydrogen-bond donors (Lipinski definition) is 1. The van der Waals surface area contributed by atoms with E-state index in [9.17, 15) is 17.2 Å². The molecule has 0 fully saturated rings. The lowest BCUT2D eigenvalue weighted by Gasteiger charge is -2.09. The zero-order chi connectivity index (χ0) is 14.8. The minimum atomic E-state index is -3.77. The Morgan fingerprint density at radius 3 is 2.45 bits per heavy atom. The Hall–Kier alpha value is -1.31. The fourth-order valence-electron chi connectivity index (χ4n) is 1.58. The smallest absolute Gasteiger partial charge is 0.207 e. The molecule has 0 aliphatic heterocycles. The van der Waals surface area contributed by atoms with E-state index in [2.05, 4.69) is 20.7 Å². The van der Waals surface area contributed by atoms with E-state index >= 15 is 0 Å². The summed E-state index contributed by atoms with van der Waals surface area (Å²) < 4.78 is 53.0. The summed E-state index contributed by atoms with van der Waals surface area (Å²) >= 11 is 3.14. The summed E-state index contributed by atoms with van der Waals surface area (Å²) in [4.78, 5) is 0.0579. The number of benzene rings is 2. The van der Waals surface area contributed by atoms with Gasteiger partial charge in [0.25, 0.3) is 0 Å². The number of rotatable bonds is 4. The molecule has 0 spiro atoms. The first-order valence-electron chi connectivity index (χ1n) is 5.58. The highest BCUT2D eigenvalue weighted by atomic mass is 79.9. The summed E-state index contributed by atoms with van der Waals surface area (Å²) in [5.74, 6) is -1.50. The topological polar surface area (TPSA) is 46.2 Å².